The van der Waals surface area contributed by atoms with Crippen LogP contribution in [0.3, 0.4) is 0 Å². The van der Waals surface area contributed by atoms with Crippen LogP contribution in [-0.4, -0.2) is 14.7 Å². The number of para-hydroxylation sites is 1. The lowest BCUT2D eigenvalue weighted by atomic mass is 10.2. The topological polar surface area (TPSA) is 63.4 Å². The SMILES string of the molecule is CS(=O)(=O)N(Cc1ccc(N)cc1)c1ccccc1. The smallest absolute Gasteiger partial charge is 0.232 e. The molecule has 0 heterocycles. The van der Waals surface area contributed by atoms with E-state index in [1.54, 1.807) is 24.3 Å². The Hall–Kier alpha value is -2.01. The van der Waals surface area contributed by atoms with Gasteiger partial charge in [0.2, 0.25) is 10.0 Å². The number of hydrogen-bond acceptors (Lipinski definition) is 3. The number of benzene rings is 2. The first-order valence-electron chi connectivity index (χ1n) is 5.84. The van der Waals surface area contributed by atoms with Crippen LogP contribution in [0.5, 0.6) is 0 Å². The van der Waals surface area contributed by atoms with Gasteiger partial charge in [-0.05, 0) is 29.8 Å². The molecule has 0 aliphatic rings. The Bertz CT molecular complexity index is 637. The molecule has 0 amide bonds. The van der Waals surface area contributed by atoms with Crippen LogP contribution in [0.4, 0.5) is 11.4 Å². The summed E-state index contributed by atoms with van der Waals surface area (Å²) in [4.78, 5) is 0. The van der Waals surface area contributed by atoms with E-state index in [0.717, 1.165) is 5.56 Å². The Balaban J connectivity index is 2.33. The summed E-state index contributed by atoms with van der Waals surface area (Å²) in [5.74, 6) is 0. The molecule has 0 aromatic heterocycles. The summed E-state index contributed by atoms with van der Waals surface area (Å²) in [5.41, 5.74) is 7.83. The van der Waals surface area contributed by atoms with E-state index in [4.69, 9.17) is 5.73 Å². The molecular formula is C14H16N2O2S. The predicted octanol–water partition coefficient (Wildman–Crippen LogP) is 2.23. The summed E-state index contributed by atoms with van der Waals surface area (Å²) in [6, 6.07) is 16.2. The van der Waals surface area contributed by atoms with Gasteiger partial charge in [-0.3, -0.25) is 4.31 Å². The van der Waals surface area contributed by atoms with Crippen molar-refractivity contribution in [2.45, 2.75) is 6.54 Å². The molecule has 0 saturated heterocycles. The van der Waals surface area contributed by atoms with Crippen LogP contribution < -0.4 is 10.0 Å². The summed E-state index contributed by atoms with van der Waals surface area (Å²) >= 11 is 0. The fraction of sp³-hybridized carbons (Fsp3) is 0.143. The van der Waals surface area contributed by atoms with Gasteiger partial charge in [0.25, 0.3) is 0 Å². The van der Waals surface area contributed by atoms with Gasteiger partial charge < -0.3 is 5.73 Å². The number of anilines is 2. The predicted molar refractivity (Wildman–Crippen MR) is 78.3 cm³/mol. The normalized spacial score (nSPS) is 11.2. The lowest BCUT2D eigenvalue weighted by molar-refractivity contribution is 0.596. The Morgan fingerprint density at radius 2 is 1.58 bits per heavy atom. The number of hydrogen-bond donors (Lipinski definition) is 1. The van der Waals surface area contributed by atoms with Gasteiger partial charge in [0, 0.05) is 5.69 Å². The standard InChI is InChI=1S/C14H16N2O2S/c1-19(17,18)16(14-5-3-2-4-6-14)11-12-7-9-13(15)10-8-12/h2-10H,11,15H2,1H3. The molecule has 19 heavy (non-hydrogen) atoms. The number of sulfonamides is 1. The number of nitrogens with two attached hydrogens (primary N) is 1. The fourth-order valence-corrected chi connectivity index (χ4v) is 2.67. The largest absolute Gasteiger partial charge is 0.399 e. The van der Waals surface area contributed by atoms with Crippen LogP contribution in [0.25, 0.3) is 0 Å². The van der Waals surface area contributed by atoms with E-state index < -0.39 is 10.0 Å². The van der Waals surface area contributed by atoms with Gasteiger partial charge in [0.05, 0.1) is 18.5 Å². The van der Waals surface area contributed by atoms with Crippen LogP contribution in [0.2, 0.25) is 0 Å². The molecule has 2 N–H and O–H groups in total. The lowest BCUT2D eigenvalue weighted by Gasteiger charge is -2.22. The van der Waals surface area contributed by atoms with E-state index in [1.165, 1.54) is 10.6 Å². The Labute approximate surface area is 113 Å². The zero-order valence-corrected chi connectivity index (χ0v) is 11.5. The monoisotopic (exact) mass is 276 g/mol. The Morgan fingerprint density at radius 3 is 2.11 bits per heavy atom. The van der Waals surface area contributed by atoms with Gasteiger partial charge >= 0.3 is 0 Å². The van der Waals surface area contributed by atoms with Crippen molar-refractivity contribution in [3.05, 3.63) is 60.2 Å². The van der Waals surface area contributed by atoms with Gasteiger partial charge in [-0.1, -0.05) is 30.3 Å². The van der Waals surface area contributed by atoms with E-state index >= 15 is 0 Å². The lowest BCUT2D eigenvalue weighted by Crippen LogP contribution is -2.29. The zero-order chi connectivity index (χ0) is 13.9. The van der Waals surface area contributed by atoms with Gasteiger partial charge in [-0.2, -0.15) is 0 Å². The second kappa shape index (κ2) is 5.32. The Morgan fingerprint density at radius 1 is 1.00 bits per heavy atom. The average molecular weight is 276 g/mol. The summed E-state index contributed by atoms with van der Waals surface area (Å²) in [7, 11) is -3.32. The highest BCUT2D eigenvalue weighted by atomic mass is 32.2. The Kier molecular flexibility index (Phi) is 3.76. The number of rotatable bonds is 4. The maximum Gasteiger partial charge on any atom is 0.232 e. The summed E-state index contributed by atoms with van der Waals surface area (Å²) in [6.07, 6.45) is 1.21. The molecule has 0 fully saturated rings. The minimum Gasteiger partial charge on any atom is -0.399 e. The second-order valence-electron chi connectivity index (χ2n) is 4.35. The molecule has 2 aromatic carbocycles. The van der Waals surface area contributed by atoms with E-state index in [9.17, 15) is 8.42 Å². The van der Waals surface area contributed by atoms with Gasteiger partial charge in [0.15, 0.2) is 0 Å². The number of nitrogen functional groups attached to an aromatic ring is 1. The molecule has 0 radical (unpaired) electrons. The molecule has 2 rings (SSSR count). The molecule has 5 heteroatoms. The first kappa shape index (κ1) is 13.4. The fourth-order valence-electron chi connectivity index (χ4n) is 1.78. The maximum absolute atomic E-state index is 11.9. The minimum absolute atomic E-state index is 0.295. The van der Waals surface area contributed by atoms with Gasteiger partial charge in [-0.25, -0.2) is 8.42 Å². The van der Waals surface area contributed by atoms with Crippen molar-refractivity contribution in [1.29, 1.82) is 0 Å². The quantitative estimate of drug-likeness (QED) is 0.871. The van der Waals surface area contributed by atoms with Crippen molar-refractivity contribution in [3.8, 4) is 0 Å². The first-order valence-corrected chi connectivity index (χ1v) is 7.69. The van der Waals surface area contributed by atoms with E-state index in [-0.39, 0.29) is 0 Å². The van der Waals surface area contributed by atoms with E-state index in [2.05, 4.69) is 0 Å². The summed E-state index contributed by atoms with van der Waals surface area (Å²) < 4.78 is 25.2. The molecule has 0 aliphatic carbocycles. The molecule has 4 nitrogen and oxygen atoms in total. The third-order valence-electron chi connectivity index (χ3n) is 2.75. The maximum atomic E-state index is 11.9. The molecule has 100 valence electrons. The molecule has 0 unspecified atom stereocenters. The number of nitrogens with zero attached hydrogens (tertiary/aromatic N) is 1. The highest BCUT2D eigenvalue weighted by Gasteiger charge is 2.17. The third kappa shape index (κ3) is 3.48. The van der Waals surface area contributed by atoms with Crippen LogP contribution in [0.15, 0.2) is 54.6 Å². The highest BCUT2D eigenvalue weighted by Crippen LogP contribution is 2.20. The summed E-state index contributed by atoms with van der Waals surface area (Å²) in [6.45, 7) is 0.295. The van der Waals surface area contributed by atoms with Crippen molar-refractivity contribution in [3.63, 3.8) is 0 Å². The zero-order valence-electron chi connectivity index (χ0n) is 10.7. The first-order chi connectivity index (χ1) is 8.97. The minimum atomic E-state index is -3.32. The molecule has 0 spiro atoms. The molecular weight excluding hydrogens is 260 g/mol. The third-order valence-corrected chi connectivity index (χ3v) is 3.89. The van der Waals surface area contributed by atoms with Crippen LogP contribution in [-0.2, 0) is 16.6 Å². The van der Waals surface area contributed by atoms with Crippen LogP contribution in [0.1, 0.15) is 5.56 Å². The molecule has 0 atom stereocenters. The molecule has 0 aliphatic heterocycles. The van der Waals surface area contributed by atoms with Crippen molar-refractivity contribution in [2.75, 3.05) is 16.3 Å². The molecule has 0 saturated carbocycles. The van der Waals surface area contributed by atoms with Crippen molar-refractivity contribution in [2.24, 2.45) is 0 Å². The molecule has 0 bridgehead atoms. The van der Waals surface area contributed by atoms with Crippen LogP contribution >= 0.6 is 0 Å². The second-order valence-corrected chi connectivity index (χ2v) is 6.25. The van der Waals surface area contributed by atoms with E-state index in [1.807, 2.05) is 30.3 Å². The van der Waals surface area contributed by atoms with E-state index in [0.29, 0.717) is 17.9 Å². The summed E-state index contributed by atoms with van der Waals surface area (Å²) in [5, 5.41) is 0. The van der Waals surface area contributed by atoms with Gasteiger partial charge in [0.1, 0.15) is 0 Å². The van der Waals surface area contributed by atoms with Crippen molar-refractivity contribution >= 4 is 21.4 Å². The highest BCUT2D eigenvalue weighted by molar-refractivity contribution is 7.92. The van der Waals surface area contributed by atoms with Crippen LogP contribution in [0, 0.1) is 0 Å². The van der Waals surface area contributed by atoms with Gasteiger partial charge in [-0.15, -0.1) is 0 Å². The van der Waals surface area contributed by atoms with Crippen molar-refractivity contribution < 1.29 is 8.42 Å². The average Bonchev–Trinajstić information content (AvgIpc) is 2.37. The molecule has 2 aromatic rings. The van der Waals surface area contributed by atoms with Crippen molar-refractivity contribution in [1.82, 2.24) is 0 Å².